The number of rotatable bonds is 6. The number of para-hydroxylation sites is 2. The van der Waals surface area contributed by atoms with Gasteiger partial charge in [0, 0.05) is 19.4 Å². The molecule has 0 radical (unpaired) electrons. The molecule has 2 heterocycles. The average Bonchev–Trinajstić information content (AvgIpc) is 2.67. The zero-order valence-corrected chi connectivity index (χ0v) is 15.2. The van der Waals surface area contributed by atoms with Gasteiger partial charge in [0.1, 0.15) is 5.75 Å². The summed E-state index contributed by atoms with van der Waals surface area (Å²) in [6.07, 6.45) is 2.74. The standard InChI is InChI=1S/C19H25NO6/c1-19(18(22)23-2)25-11-14(12-26-19)7-5-6-10-20-15-8-3-4-9-16(15)24-13-17(20)21/h3-4,8-9,14H,5-7,10-13H2,1-2H3. The summed E-state index contributed by atoms with van der Waals surface area (Å²) in [5.74, 6) is -0.833. The molecule has 1 aromatic carbocycles. The van der Waals surface area contributed by atoms with E-state index in [0.29, 0.717) is 19.8 Å². The third-order valence-electron chi connectivity index (χ3n) is 4.80. The number of fused-ring (bicyclic) bond motifs is 1. The van der Waals surface area contributed by atoms with Gasteiger partial charge in [0.2, 0.25) is 0 Å². The van der Waals surface area contributed by atoms with Crippen LogP contribution < -0.4 is 9.64 Å². The van der Waals surface area contributed by atoms with Crippen molar-refractivity contribution < 1.29 is 28.5 Å². The molecule has 7 heteroatoms. The van der Waals surface area contributed by atoms with Crippen molar-refractivity contribution in [3.8, 4) is 5.75 Å². The first-order valence-corrected chi connectivity index (χ1v) is 8.92. The highest BCUT2D eigenvalue weighted by Gasteiger charge is 2.41. The van der Waals surface area contributed by atoms with Gasteiger partial charge in [-0.2, -0.15) is 0 Å². The maximum absolute atomic E-state index is 12.1. The first-order chi connectivity index (χ1) is 12.5. The molecule has 1 fully saturated rings. The minimum Gasteiger partial charge on any atom is -0.482 e. The highest BCUT2D eigenvalue weighted by atomic mass is 16.7. The monoisotopic (exact) mass is 363 g/mol. The summed E-state index contributed by atoms with van der Waals surface area (Å²) in [6, 6.07) is 7.59. The lowest BCUT2D eigenvalue weighted by molar-refractivity contribution is -0.272. The molecule has 1 saturated heterocycles. The van der Waals surface area contributed by atoms with E-state index < -0.39 is 11.8 Å². The molecule has 0 aliphatic carbocycles. The van der Waals surface area contributed by atoms with Gasteiger partial charge in [-0.05, 0) is 25.0 Å². The molecule has 3 rings (SSSR count). The fraction of sp³-hybridized carbons (Fsp3) is 0.579. The maximum Gasteiger partial charge on any atom is 0.366 e. The number of ether oxygens (including phenoxy) is 4. The van der Waals surface area contributed by atoms with Crippen LogP contribution in [0.5, 0.6) is 5.75 Å². The second-order valence-corrected chi connectivity index (χ2v) is 6.72. The number of amides is 1. The summed E-state index contributed by atoms with van der Waals surface area (Å²) in [4.78, 5) is 25.6. The Bertz CT molecular complexity index is 653. The average molecular weight is 363 g/mol. The third kappa shape index (κ3) is 3.99. The Morgan fingerprint density at radius 3 is 2.73 bits per heavy atom. The number of anilines is 1. The van der Waals surface area contributed by atoms with Crippen LogP contribution in [0.4, 0.5) is 5.69 Å². The molecule has 0 unspecified atom stereocenters. The number of carbonyl (C=O) groups is 2. The summed E-state index contributed by atoms with van der Waals surface area (Å²) in [6.45, 7) is 3.26. The minimum atomic E-state index is -1.30. The molecule has 142 valence electrons. The highest BCUT2D eigenvalue weighted by molar-refractivity contribution is 5.97. The predicted molar refractivity (Wildman–Crippen MR) is 94.0 cm³/mol. The molecular weight excluding hydrogens is 338 g/mol. The van der Waals surface area contributed by atoms with Crippen LogP contribution in [0.2, 0.25) is 0 Å². The lowest BCUT2D eigenvalue weighted by Crippen LogP contribution is -2.48. The molecule has 0 spiro atoms. The van der Waals surface area contributed by atoms with Gasteiger partial charge in [-0.1, -0.05) is 18.6 Å². The first-order valence-electron chi connectivity index (χ1n) is 8.92. The van der Waals surface area contributed by atoms with Crippen LogP contribution in [0.3, 0.4) is 0 Å². The van der Waals surface area contributed by atoms with Crippen molar-refractivity contribution in [2.75, 3.05) is 38.4 Å². The van der Waals surface area contributed by atoms with Crippen LogP contribution in [0.15, 0.2) is 24.3 Å². The van der Waals surface area contributed by atoms with Crippen molar-refractivity contribution in [2.24, 2.45) is 5.92 Å². The van der Waals surface area contributed by atoms with Crippen molar-refractivity contribution in [2.45, 2.75) is 32.0 Å². The molecule has 0 atom stereocenters. The Labute approximate surface area is 153 Å². The number of methoxy groups -OCH3 is 1. The number of hydrogen-bond donors (Lipinski definition) is 0. The van der Waals surface area contributed by atoms with Gasteiger partial charge < -0.3 is 23.8 Å². The summed E-state index contributed by atoms with van der Waals surface area (Å²) in [5, 5.41) is 0. The fourth-order valence-corrected chi connectivity index (χ4v) is 3.22. The Morgan fingerprint density at radius 1 is 1.27 bits per heavy atom. The van der Waals surface area contributed by atoms with Gasteiger partial charge in [0.25, 0.3) is 11.7 Å². The van der Waals surface area contributed by atoms with Crippen molar-refractivity contribution >= 4 is 17.6 Å². The number of unbranched alkanes of at least 4 members (excludes halogenated alkanes) is 1. The van der Waals surface area contributed by atoms with Crippen molar-refractivity contribution in [1.82, 2.24) is 0 Å². The summed E-state index contributed by atoms with van der Waals surface area (Å²) in [5.41, 5.74) is 0.835. The van der Waals surface area contributed by atoms with Crippen LogP contribution in [0.1, 0.15) is 26.2 Å². The number of carbonyl (C=O) groups excluding carboxylic acids is 2. The Hall–Kier alpha value is -2.12. The van der Waals surface area contributed by atoms with E-state index in [-0.39, 0.29) is 18.4 Å². The number of benzene rings is 1. The van der Waals surface area contributed by atoms with Crippen molar-refractivity contribution in [3.63, 3.8) is 0 Å². The van der Waals surface area contributed by atoms with E-state index >= 15 is 0 Å². The van der Waals surface area contributed by atoms with E-state index in [1.165, 1.54) is 7.11 Å². The zero-order chi connectivity index (χ0) is 18.6. The fourth-order valence-electron chi connectivity index (χ4n) is 3.22. The minimum absolute atomic E-state index is 0.0122. The normalized spacial score (nSPS) is 25.4. The van der Waals surface area contributed by atoms with Crippen molar-refractivity contribution in [1.29, 1.82) is 0 Å². The Balaban J connectivity index is 1.43. The van der Waals surface area contributed by atoms with Gasteiger partial charge in [-0.3, -0.25) is 4.79 Å². The molecule has 0 bridgehead atoms. The van der Waals surface area contributed by atoms with Crippen LogP contribution in [-0.4, -0.2) is 51.1 Å². The van der Waals surface area contributed by atoms with E-state index in [2.05, 4.69) is 0 Å². The largest absolute Gasteiger partial charge is 0.482 e. The SMILES string of the molecule is COC(=O)C1(C)OCC(CCCCN2C(=O)COc3ccccc32)CO1. The molecule has 2 aliphatic heterocycles. The molecule has 26 heavy (non-hydrogen) atoms. The smallest absolute Gasteiger partial charge is 0.366 e. The molecule has 0 aromatic heterocycles. The van der Waals surface area contributed by atoms with Crippen LogP contribution in [0.25, 0.3) is 0 Å². The van der Waals surface area contributed by atoms with Gasteiger partial charge in [0.05, 0.1) is 26.0 Å². The molecule has 2 aliphatic rings. The van der Waals surface area contributed by atoms with Gasteiger partial charge >= 0.3 is 5.97 Å². The van der Waals surface area contributed by atoms with Gasteiger partial charge in [-0.25, -0.2) is 4.79 Å². The van der Waals surface area contributed by atoms with E-state index in [1.54, 1.807) is 11.8 Å². The lowest BCUT2D eigenvalue weighted by atomic mass is 10.0. The van der Waals surface area contributed by atoms with Gasteiger partial charge in [-0.15, -0.1) is 0 Å². The maximum atomic E-state index is 12.1. The van der Waals surface area contributed by atoms with Gasteiger partial charge in [0.15, 0.2) is 6.61 Å². The summed E-state index contributed by atoms with van der Waals surface area (Å²) >= 11 is 0. The molecule has 7 nitrogen and oxygen atoms in total. The van der Waals surface area contributed by atoms with Crippen LogP contribution in [-0.2, 0) is 23.8 Å². The second kappa shape index (κ2) is 8.05. The number of hydrogen-bond acceptors (Lipinski definition) is 6. The van der Waals surface area contributed by atoms with E-state index in [0.717, 1.165) is 30.7 Å². The number of nitrogens with zero attached hydrogens (tertiary/aromatic N) is 1. The Kier molecular flexibility index (Phi) is 5.78. The Morgan fingerprint density at radius 2 is 2.00 bits per heavy atom. The predicted octanol–water partition coefficient (Wildman–Crippen LogP) is 2.13. The van der Waals surface area contributed by atoms with E-state index in [4.69, 9.17) is 18.9 Å². The zero-order valence-electron chi connectivity index (χ0n) is 15.2. The molecule has 1 amide bonds. The van der Waals surface area contributed by atoms with Crippen molar-refractivity contribution in [3.05, 3.63) is 24.3 Å². The van der Waals surface area contributed by atoms with E-state index in [1.807, 2.05) is 24.3 Å². The summed E-state index contributed by atoms with van der Waals surface area (Å²) in [7, 11) is 1.32. The van der Waals surface area contributed by atoms with Crippen LogP contribution in [0, 0.1) is 5.92 Å². The third-order valence-corrected chi connectivity index (χ3v) is 4.80. The second-order valence-electron chi connectivity index (χ2n) is 6.72. The number of esters is 1. The molecule has 0 N–H and O–H groups in total. The molecule has 0 saturated carbocycles. The van der Waals surface area contributed by atoms with Crippen LogP contribution >= 0.6 is 0 Å². The quantitative estimate of drug-likeness (QED) is 0.569. The highest BCUT2D eigenvalue weighted by Crippen LogP contribution is 2.32. The summed E-state index contributed by atoms with van der Waals surface area (Å²) < 4.78 is 21.3. The first kappa shape index (κ1) is 18.7. The molecular formula is C19H25NO6. The van der Waals surface area contributed by atoms with E-state index in [9.17, 15) is 9.59 Å². The lowest BCUT2D eigenvalue weighted by Gasteiger charge is -2.35. The molecule has 1 aromatic rings. The topological polar surface area (TPSA) is 74.3 Å².